The van der Waals surface area contributed by atoms with Gasteiger partial charge in [-0.25, -0.2) is 0 Å². The standard InChI is InChI=1S/C4H5N2/c5-4-1-2-6-3-4/h1-2,6H,5H2. The van der Waals surface area contributed by atoms with Gasteiger partial charge in [0.15, 0.2) is 0 Å². The smallest absolute Gasteiger partial charge is 0.0874 e. The third-order valence-corrected chi connectivity index (χ3v) is 0.563. The van der Waals surface area contributed by atoms with E-state index in [4.69, 9.17) is 5.73 Å². The molecule has 1 rings (SSSR count). The van der Waals surface area contributed by atoms with Crippen molar-refractivity contribution < 1.29 is 0 Å². The third-order valence-electron chi connectivity index (χ3n) is 0.563. The van der Waals surface area contributed by atoms with Gasteiger partial charge in [0.05, 0.1) is 11.9 Å². The first-order chi connectivity index (χ1) is 2.89. The van der Waals surface area contributed by atoms with Gasteiger partial charge in [-0.05, 0) is 6.07 Å². The molecule has 0 bridgehead atoms. The van der Waals surface area contributed by atoms with E-state index in [-0.39, 0.29) is 0 Å². The quantitative estimate of drug-likeness (QED) is 0.466. The largest absolute Gasteiger partial charge is 0.397 e. The topological polar surface area (TPSA) is 41.8 Å². The minimum absolute atomic E-state index is 0.662. The van der Waals surface area contributed by atoms with Gasteiger partial charge in [-0.2, -0.15) is 0 Å². The maximum Gasteiger partial charge on any atom is 0.0874 e. The Bertz CT molecular complexity index is 109. The fraction of sp³-hybridized carbons (Fsp3) is 0. The zero-order chi connectivity index (χ0) is 4.41. The molecule has 1 aromatic heterocycles. The predicted octanol–water partition coefficient (Wildman–Crippen LogP) is 0.397. The van der Waals surface area contributed by atoms with E-state index < -0.39 is 0 Å². The summed E-state index contributed by atoms with van der Waals surface area (Å²) >= 11 is 0. The van der Waals surface area contributed by atoms with Crippen molar-refractivity contribution >= 4 is 5.69 Å². The fourth-order valence-corrected chi connectivity index (χ4v) is 0.298. The molecule has 0 aliphatic rings. The Morgan fingerprint density at radius 2 is 2.67 bits per heavy atom. The summed E-state index contributed by atoms with van der Waals surface area (Å²) in [5, 5.41) is 0. The molecule has 1 radical (unpaired) electrons. The molecule has 0 aliphatic heterocycles. The summed E-state index contributed by atoms with van der Waals surface area (Å²) < 4.78 is 0. The zero-order valence-electron chi connectivity index (χ0n) is 3.23. The van der Waals surface area contributed by atoms with Crippen LogP contribution in [-0.2, 0) is 0 Å². The van der Waals surface area contributed by atoms with Gasteiger partial charge in [0.2, 0.25) is 0 Å². The Morgan fingerprint density at radius 3 is 2.83 bits per heavy atom. The molecule has 3 N–H and O–H groups in total. The lowest BCUT2D eigenvalue weighted by atomic mass is 10.6. The lowest BCUT2D eigenvalue weighted by Crippen LogP contribution is -1.75. The van der Waals surface area contributed by atoms with Crippen LogP contribution in [0, 0.1) is 6.20 Å². The van der Waals surface area contributed by atoms with Crippen LogP contribution >= 0.6 is 0 Å². The van der Waals surface area contributed by atoms with Crippen molar-refractivity contribution in [2.75, 3.05) is 5.73 Å². The maximum atomic E-state index is 5.19. The average Bonchev–Trinajstić information content (AvgIpc) is 1.86. The number of rotatable bonds is 0. The number of hydrogen-bond acceptors (Lipinski definition) is 1. The molecule has 2 nitrogen and oxygen atoms in total. The molecule has 0 spiro atoms. The summed E-state index contributed by atoms with van der Waals surface area (Å²) in [6.07, 6.45) is 4.38. The Hall–Kier alpha value is -0.920. The van der Waals surface area contributed by atoms with E-state index in [1.807, 2.05) is 0 Å². The lowest BCUT2D eigenvalue weighted by molar-refractivity contribution is 1.40. The minimum Gasteiger partial charge on any atom is -0.397 e. The third kappa shape index (κ3) is 0.360. The summed E-state index contributed by atoms with van der Waals surface area (Å²) in [4.78, 5) is 2.68. The van der Waals surface area contributed by atoms with Crippen LogP contribution in [0.4, 0.5) is 5.69 Å². The van der Waals surface area contributed by atoms with Crippen molar-refractivity contribution in [1.29, 1.82) is 0 Å². The molecule has 6 heavy (non-hydrogen) atoms. The van der Waals surface area contributed by atoms with Crippen LogP contribution in [0.2, 0.25) is 0 Å². The summed E-state index contributed by atoms with van der Waals surface area (Å²) in [5.41, 5.74) is 5.85. The van der Waals surface area contributed by atoms with Gasteiger partial charge in [-0.1, -0.05) is 0 Å². The molecule has 0 fully saturated rings. The summed E-state index contributed by atoms with van der Waals surface area (Å²) in [5.74, 6) is 0. The van der Waals surface area contributed by atoms with Crippen LogP contribution in [0.3, 0.4) is 0 Å². The number of nitrogen functional groups attached to an aromatic ring is 1. The molecule has 0 saturated carbocycles. The molecule has 0 aromatic carbocycles. The highest BCUT2D eigenvalue weighted by Crippen LogP contribution is 1.91. The zero-order valence-corrected chi connectivity index (χ0v) is 3.23. The van der Waals surface area contributed by atoms with Crippen molar-refractivity contribution in [3.8, 4) is 0 Å². The molecule has 1 heterocycles. The van der Waals surface area contributed by atoms with Gasteiger partial charge in [-0.3, -0.25) is 0 Å². The number of nitrogens with one attached hydrogen (secondary N) is 1. The highest BCUT2D eigenvalue weighted by Gasteiger charge is 1.74. The Kier molecular flexibility index (Phi) is 0.572. The van der Waals surface area contributed by atoms with Crippen LogP contribution in [0.25, 0.3) is 0 Å². The maximum absolute atomic E-state index is 5.19. The molecular weight excluding hydrogens is 76.1 g/mol. The van der Waals surface area contributed by atoms with Crippen molar-refractivity contribution in [1.82, 2.24) is 4.98 Å². The second-order valence-corrected chi connectivity index (χ2v) is 1.06. The van der Waals surface area contributed by atoms with Gasteiger partial charge in [-0.15, -0.1) is 0 Å². The second kappa shape index (κ2) is 1.05. The summed E-state index contributed by atoms with van der Waals surface area (Å²) in [6.45, 7) is 0. The van der Waals surface area contributed by atoms with Crippen LogP contribution in [0.15, 0.2) is 12.3 Å². The Morgan fingerprint density at radius 1 is 1.83 bits per heavy atom. The van der Waals surface area contributed by atoms with E-state index in [2.05, 4.69) is 11.2 Å². The normalized spacial score (nSPS) is 8.67. The van der Waals surface area contributed by atoms with E-state index in [1.54, 1.807) is 12.3 Å². The van der Waals surface area contributed by atoms with Crippen molar-refractivity contribution in [3.05, 3.63) is 18.5 Å². The molecular formula is C4H5N2. The number of aromatic nitrogens is 1. The number of aromatic amines is 1. The Balaban J connectivity index is 3.05. The molecule has 1 aromatic rings. The molecule has 31 valence electrons. The van der Waals surface area contributed by atoms with Crippen molar-refractivity contribution in [2.45, 2.75) is 0 Å². The minimum atomic E-state index is 0.662. The lowest BCUT2D eigenvalue weighted by Gasteiger charge is -1.67. The van der Waals surface area contributed by atoms with Gasteiger partial charge >= 0.3 is 0 Å². The SMILES string of the molecule is Nc1[c][nH]cc1. The molecule has 0 atom stereocenters. The molecule has 2 heteroatoms. The van der Waals surface area contributed by atoms with Crippen LogP contribution < -0.4 is 5.73 Å². The number of hydrogen-bond donors (Lipinski definition) is 2. The number of nitrogens with two attached hydrogens (primary N) is 1. The molecule has 0 aliphatic carbocycles. The van der Waals surface area contributed by atoms with E-state index in [0.717, 1.165) is 0 Å². The van der Waals surface area contributed by atoms with Gasteiger partial charge in [0.1, 0.15) is 0 Å². The highest BCUT2D eigenvalue weighted by molar-refractivity contribution is 5.31. The highest BCUT2D eigenvalue weighted by atomic mass is 14.7. The average molecular weight is 81.1 g/mol. The summed E-state index contributed by atoms with van der Waals surface area (Å²) in [6, 6.07) is 1.75. The number of H-pyrrole nitrogens is 1. The van der Waals surface area contributed by atoms with Gasteiger partial charge in [0.25, 0.3) is 0 Å². The van der Waals surface area contributed by atoms with Crippen LogP contribution in [0.1, 0.15) is 0 Å². The van der Waals surface area contributed by atoms with Gasteiger partial charge < -0.3 is 10.7 Å². The Labute approximate surface area is 36.0 Å². The van der Waals surface area contributed by atoms with Crippen LogP contribution in [-0.4, -0.2) is 4.98 Å². The van der Waals surface area contributed by atoms with Crippen molar-refractivity contribution in [2.24, 2.45) is 0 Å². The molecule has 0 amide bonds. The second-order valence-electron chi connectivity index (χ2n) is 1.06. The summed E-state index contributed by atoms with van der Waals surface area (Å²) in [7, 11) is 0. The van der Waals surface area contributed by atoms with Crippen molar-refractivity contribution in [3.63, 3.8) is 0 Å². The molecule has 0 unspecified atom stereocenters. The van der Waals surface area contributed by atoms with E-state index in [0.29, 0.717) is 5.69 Å². The first kappa shape index (κ1) is 3.28. The van der Waals surface area contributed by atoms with Gasteiger partial charge in [0, 0.05) is 6.20 Å². The van der Waals surface area contributed by atoms with E-state index >= 15 is 0 Å². The first-order valence-electron chi connectivity index (χ1n) is 1.70. The predicted molar refractivity (Wildman–Crippen MR) is 24.0 cm³/mol. The van der Waals surface area contributed by atoms with E-state index in [9.17, 15) is 0 Å². The van der Waals surface area contributed by atoms with Crippen LogP contribution in [0.5, 0.6) is 0 Å². The number of anilines is 1. The first-order valence-corrected chi connectivity index (χ1v) is 1.70. The molecule has 0 saturated heterocycles. The van der Waals surface area contributed by atoms with E-state index in [1.165, 1.54) is 0 Å². The monoisotopic (exact) mass is 81.0 g/mol. The fourth-order valence-electron chi connectivity index (χ4n) is 0.298.